The average Bonchev–Trinajstić information content (AvgIpc) is 2.54. The second-order valence-electron chi connectivity index (χ2n) is 5.32. The number of rotatable bonds is 6. The number of anilines is 1. The SMILES string of the molecule is Cc1ccc(NCC(=O)N/N=C/c2cccc([N+](=O)[O-])c2)c(C)c1. The molecule has 0 heterocycles. The molecule has 2 N–H and O–H groups in total. The molecule has 2 aromatic rings. The summed E-state index contributed by atoms with van der Waals surface area (Å²) in [6.45, 7) is 4.05. The molecule has 0 bridgehead atoms. The fourth-order valence-electron chi connectivity index (χ4n) is 2.12. The van der Waals surface area contributed by atoms with Gasteiger partial charge in [-0.2, -0.15) is 5.10 Å². The van der Waals surface area contributed by atoms with Gasteiger partial charge < -0.3 is 5.32 Å². The maximum Gasteiger partial charge on any atom is 0.270 e. The number of hydrazone groups is 1. The molecule has 0 atom stereocenters. The van der Waals surface area contributed by atoms with E-state index in [0.717, 1.165) is 16.8 Å². The number of benzene rings is 2. The molecular formula is C17H18N4O3. The van der Waals surface area contributed by atoms with Crippen LogP contribution in [0.25, 0.3) is 0 Å². The van der Waals surface area contributed by atoms with E-state index >= 15 is 0 Å². The monoisotopic (exact) mass is 326 g/mol. The van der Waals surface area contributed by atoms with Gasteiger partial charge >= 0.3 is 0 Å². The van der Waals surface area contributed by atoms with Crippen LogP contribution in [0.2, 0.25) is 0 Å². The van der Waals surface area contributed by atoms with Crippen molar-refractivity contribution in [1.29, 1.82) is 0 Å². The average molecular weight is 326 g/mol. The van der Waals surface area contributed by atoms with Crippen molar-refractivity contribution in [3.63, 3.8) is 0 Å². The van der Waals surface area contributed by atoms with Gasteiger partial charge in [-0.1, -0.05) is 29.8 Å². The van der Waals surface area contributed by atoms with Crippen molar-refractivity contribution < 1.29 is 9.72 Å². The predicted molar refractivity (Wildman–Crippen MR) is 93.2 cm³/mol. The third-order valence-electron chi connectivity index (χ3n) is 3.31. The van der Waals surface area contributed by atoms with E-state index in [1.54, 1.807) is 12.1 Å². The second kappa shape index (κ2) is 7.87. The van der Waals surface area contributed by atoms with Gasteiger partial charge in [-0.25, -0.2) is 5.43 Å². The lowest BCUT2D eigenvalue weighted by molar-refractivity contribution is -0.384. The van der Waals surface area contributed by atoms with Gasteiger partial charge in [-0.05, 0) is 25.5 Å². The van der Waals surface area contributed by atoms with Gasteiger partial charge in [0.25, 0.3) is 11.6 Å². The number of non-ortho nitro benzene ring substituents is 1. The molecule has 0 aromatic heterocycles. The zero-order valence-corrected chi connectivity index (χ0v) is 13.4. The molecule has 124 valence electrons. The van der Waals surface area contributed by atoms with E-state index in [0.29, 0.717) is 5.56 Å². The van der Waals surface area contributed by atoms with Gasteiger partial charge in [0.2, 0.25) is 0 Å². The number of hydrogen-bond donors (Lipinski definition) is 2. The summed E-state index contributed by atoms with van der Waals surface area (Å²) in [5, 5.41) is 17.5. The summed E-state index contributed by atoms with van der Waals surface area (Å²) in [6, 6.07) is 11.9. The van der Waals surface area contributed by atoms with Gasteiger partial charge in [-0.15, -0.1) is 0 Å². The first-order chi connectivity index (χ1) is 11.5. The van der Waals surface area contributed by atoms with Gasteiger partial charge in [-0.3, -0.25) is 14.9 Å². The van der Waals surface area contributed by atoms with E-state index < -0.39 is 4.92 Å². The standard InChI is InChI=1S/C17H18N4O3/c1-12-6-7-16(13(2)8-12)18-11-17(22)20-19-10-14-4-3-5-15(9-14)21(23)24/h3-10,18H,11H2,1-2H3,(H,20,22)/b19-10+. The van der Waals surface area contributed by atoms with E-state index in [-0.39, 0.29) is 18.1 Å². The number of carbonyl (C=O) groups excluding carboxylic acids is 1. The Morgan fingerprint density at radius 1 is 1.25 bits per heavy atom. The first-order valence-corrected chi connectivity index (χ1v) is 7.33. The zero-order valence-electron chi connectivity index (χ0n) is 13.4. The molecule has 0 saturated carbocycles. The van der Waals surface area contributed by atoms with E-state index in [2.05, 4.69) is 15.8 Å². The van der Waals surface area contributed by atoms with Crippen LogP contribution in [0.15, 0.2) is 47.6 Å². The number of aryl methyl sites for hydroxylation is 2. The highest BCUT2D eigenvalue weighted by Gasteiger charge is 2.05. The van der Waals surface area contributed by atoms with Crippen molar-refractivity contribution in [3.05, 3.63) is 69.3 Å². The summed E-state index contributed by atoms with van der Waals surface area (Å²) in [4.78, 5) is 22.0. The van der Waals surface area contributed by atoms with Crippen molar-refractivity contribution in [3.8, 4) is 0 Å². The highest BCUT2D eigenvalue weighted by atomic mass is 16.6. The predicted octanol–water partition coefficient (Wildman–Crippen LogP) is 2.77. The summed E-state index contributed by atoms with van der Waals surface area (Å²) in [5.41, 5.74) is 5.99. The minimum atomic E-state index is -0.482. The Hall–Kier alpha value is -3.22. The molecule has 7 heteroatoms. The summed E-state index contributed by atoms with van der Waals surface area (Å²) in [6.07, 6.45) is 1.36. The Labute approximate surface area is 139 Å². The highest BCUT2D eigenvalue weighted by Crippen LogP contribution is 2.15. The van der Waals surface area contributed by atoms with Gasteiger partial charge in [0, 0.05) is 23.4 Å². The van der Waals surface area contributed by atoms with Crippen LogP contribution in [0.1, 0.15) is 16.7 Å². The zero-order chi connectivity index (χ0) is 17.5. The third kappa shape index (κ3) is 4.91. The maximum atomic E-state index is 11.8. The molecule has 24 heavy (non-hydrogen) atoms. The fourth-order valence-corrected chi connectivity index (χ4v) is 2.12. The third-order valence-corrected chi connectivity index (χ3v) is 3.31. The molecule has 2 rings (SSSR count). The Kier molecular flexibility index (Phi) is 5.62. The van der Waals surface area contributed by atoms with Gasteiger partial charge in [0.15, 0.2) is 0 Å². The minimum absolute atomic E-state index is 0.0261. The minimum Gasteiger partial charge on any atom is -0.376 e. The normalized spacial score (nSPS) is 10.6. The van der Waals surface area contributed by atoms with Gasteiger partial charge in [0.05, 0.1) is 17.7 Å². The first-order valence-electron chi connectivity index (χ1n) is 7.33. The molecule has 1 amide bonds. The van der Waals surface area contributed by atoms with E-state index in [1.165, 1.54) is 18.3 Å². The molecule has 0 aliphatic heterocycles. The van der Waals surface area contributed by atoms with Gasteiger partial charge in [0.1, 0.15) is 0 Å². The maximum absolute atomic E-state index is 11.8. The number of nitro benzene ring substituents is 1. The van der Waals surface area contributed by atoms with E-state index in [1.807, 2.05) is 32.0 Å². The Morgan fingerprint density at radius 2 is 2.04 bits per heavy atom. The van der Waals surface area contributed by atoms with Crippen LogP contribution in [-0.4, -0.2) is 23.6 Å². The molecule has 0 spiro atoms. The largest absolute Gasteiger partial charge is 0.376 e. The Morgan fingerprint density at radius 3 is 2.75 bits per heavy atom. The van der Waals surface area contributed by atoms with E-state index in [4.69, 9.17) is 0 Å². The quantitative estimate of drug-likeness (QED) is 0.484. The number of nitro groups is 1. The van der Waals surface area contributed by atoms with Crippen molar-refractivity contribution in [2.24, 2.45) is 5.10 Å². The molecular weight excluding hydrogens is 308 g/mol. The molecule has 2 aromatic carbocycles. The molecule has 0 aliphatic rings. The van der Waals surface area contributed by atoms with Crippen LogP contribution in [0.4, 0.5) is 11.4 Å². The lowest BCUT2D eigenvalue weighted by Crippen LogP contribution is -2.26. The van der Waals surface area contributed by atoms with Crippen LogP contribution >= 0.6 is 0 Å². The number of nitrogens with one attached hydrogen (secondary N) is 2. The van der Waals surface area contributed by atoms with Crippen LogP contribution < -0.4 is 10.7 Å². The highest BCUT2D eigenvalue weighted by molar-refractivity contribution is 5.84. The van der Waals surface area contributed by atoms with Crippen molar-refractivity contribution >= 4 is 23.5 Å². The summed E-state index contributed by atoms with van der Waals surface area (Å²) in [7, 11) is 0. The summed E-state index contributed by atoms with van der Waals surface area (Å²) < 4.78 is 0. The van der Waals surface area contributed by atoms with E-state index in [9.17, 15) is 14.9 Å². The molecule has 0 radical (unpaired) electrons. The van der Waals surface area contributed by atoms with Crippen LogP contribution in [0.5, 0.6) is 0 Å². The first kappa shape index (κ1) is 17.1. The summed E-state index contributed by atoms with van der Waals surface area (Å²) in [5.74, 6) is -0.309. The smallest absolute Gasteiger partial charge is 0.270 e. The number of carbonyl (C=O) groups is 1. The van der Waals surface area contributed by atoms with Crippen LogP contribution in [0, 0.1) is 24.0 Å². The molecule has 0 aliphatic carbocycles. The van der Waals surface area contributed by atoms with Crippen LogP contribution in [0.3, 0.4) is 0 Å². The van der Waals surface area contributed by atoms with Crippen LogP contribution in [-0.2, 0) is 4.79 Å². The number of hydrogen-bond acceptors (Lipinski definition) is 5. The number of nitrogens with zero attached hydrogens (tertiary/aromatic N) is 2. The molecule has 0 saturated heterocycles. The lowest BCUT2D eigenvalue weighted by Gasteiger charge is -2.09. The molecule has 0 unspecified atom stereocenters. The Balaban J connectivity index is 1.86. The molecule has 0 fully saturated rings. The molecule has 7 nitrogen and oxygen atoms in total. The summed E-state index contributed by atoms with van der Waals surface area (Å²) >= 11 is 0. The van der Waals surface area contributed by atoms with Crippen molar-refractivity contribution in [2.75, 3.05) is 11.9 Å². The topological polar surface area (TPSA) is 96.6 Å². The fraction of sp³-hybridized carbons (Fsp3) is 0.176. The lowest BCUT2D eigenvalue weighted by atomic mass is 10.1. The Bertz CT molecular complexity index is 787. The van der Waals surface area contributed by atoms with Crippen molar-refractivity contribution in [1.82, 2.24) is 5.43 Å². The van der Waals surface area contributed by atoms with Crippen molar-refractivity contribution in [2.45, 2.75) is 13.8 Å². The number of amides is 1. The second-order valence-corrected chi connectivity index (χ2v) is 5.32.